The first-order valence-electron chi connectivity index (χ1n) is 4.18. The molecule has 0 bridgehead atoms. The fraction of sp³-hybridized carbons (Fsp3) is 0.200. The summed E-state index contributed by atoms with van der Waals surface area (Å²) in [5, 5.41) is 3.44. The molecular formula is C10H10INS. The lowest BCUT2D eigenvalue weighted by Gasteiger charge is -2.04. The molecule has 2 aromatic rings. The van der Waals surface area contributed by atoms with Gasteiger partial charge in [0.2, 0.25) is 0 Å². The van der Waals surface area contributed by atoms with E-state index in [4.69, 9.17) is 5.73 Å². The van der Waals surface area contributed by atoms with Gasteiger partial charge in [-0.15, -0.1) is 11.3 Å². The second-order valence-electron chi connectivity index (χ2n) is 2.96. The molecule has 0 atom stereocenters. The number of benzene rings is 1. The number of anilines is 1. The zero-order valence-corrected chi connectivity index (χ0v) is 10.3. The van der Waals surface area contributed by atoms with Gasteiger partial charge in [-0.25, -0.2) is 0 Å². The van der Waals surface area contributed by atoms with Crippen molar-refractivity contribution in [3.8, 4) is 0 Å². The molecule has 0 fully saturated rings. The van der Waals surface area contributed by atoms with Gasteiger partial charge in [-0.3, -0.25) is 0 Å². The van der Waals surface area contributed by atoms with Gasteiger partial charge in [-0.1, -0.05) is 6.92 Å². The largest absolute Gasteiger partial charge is 0.398 e. The highest BCUT2D eigenvalue weighted by Gasteiger charge is 2.07. The van der Waals surface area contributed by atoms with Crippen molar-refractivity contribution in [3.63, 3.8) is 0 Å². The summed E-state index contributed by atoms with van der Waals surface area (Å²) < 4.78 is 2.58. The molecule has 13 heavy (non-hydrogen) atoms. The number of hydrogen-bond donors (Lipinski definition) is 1. The molecule has 1 heterocycles. The molecule has 2 rings (SSSR count). The summed E-state index contributed by atoms with van der Waals surface area (Å²) in [6, 6.07) is 4.25. The third-order valence-electron chi connectivity index (χ3n) is 2.16. The fourth-order valence-corrected chi connectivity index (χ4v) is 3.25. The van der Waals surface area contributed by atoms with Crippen LogP contribution in [0, 0.1) is 3.57 Å². The minimum atomic E-state index is 0.906. The zero-order chi connectivity index (χ0) is 9.42. The van der Waals surface area contributed by atoms with Gasteiger partial charge in [-0.05, 0) is 52.1 Å². The maximum Gasteiger partial charge on any atom is 0.0459 e. The Balaban J connectivity index is 2.87. The molecule has 0 aliphatic carbocycles. The number of thiophene rings is 1. The zero-order valence-electron chi connectivity index (χ0n) is 7.30. The molecule has 0 unspecified atom stereocenters. The van der Waals surface area contributed by atoms with Crippen molar-refractivity contribution in [2.45, 2.75) is 13.3 Å². The maximum atomic E-state index is 5.92. The summed E-state index contributed by atoms with van der Waals surface area (Å²) >= 11 is 4.12. The van der Waals surface area contributed by atoms with E-state index in [1.807, 2.05) is 0 Å². The van der Waals surface area contributed by atoms with Crippen LogP contribution >= 0.6 is 33.9 Å². The van der Waals surface area contributed by atoms with Crippen molar-refractivity contribution in [3.05, 3.63) is 26.6 Å². The molecule has 0 saturated heterocycles. The van der Waals surface area contributed by atoms with Gasteiger partial charge < -0.3 is 5.73 Å². The molecule has 0 aliphatic heterocycles. The van der Waals surface area contributed by atoms with E-state index < -0.39 is 0 Å². The van der Waals surface area contributed by atoms with Crippen LogP contribution in [0.1, 0.15) is 12.5 Å². The fourth-order valence-electron chi connectivity index (χ4n) is 1.47. The molecule has 2 N–H and O–H groups in total. The van der Waals surface area contributed by atoms with Crippen LogP contribution in [0.25, 0.3) is 10.1 Å². The van der Waals surface area contributed by atoms with Crippen molar-refractivity contribution >= 4 is 49.7 Å². The van der Waals surface area contributed by atoms with Crippen molar-refractivity contribution in [2.75, 3.05) is 5.73 Å². The number of fused-ring (bicyclic) bond motifs is 1. The number of nitrogen functional groups attached to an aromatic ring is 1. The monoisotopic (exact) mass is 303 g/mol. The Morgan fingerprint density at radius 2 is 2.31 bits per heavy atom. The lowest BCUT2D eigenvalue weighted by molar-refractivity contribution is 1.16. The summed E-state index contributed by atoms with van der Waals surface area (Å²) in [5.41, 5.74) is 8.19. The quantitative estimate of drug-likeness (QED) is 0.631. The molecule has 0 radical (unpaired) electrons. The van der Waals surface area contributed by atoms with Crippen LogP contribution < -0.4 is 5.73 Å². The first kappa shape index (κ1) is 9.27. The Bertz CT molecular complexity index is 447. The third kappa shape index (κ3) is 1.44. The Morgan fingerprint density at radius 1 is 1.54 bits per heavy atom. The number of halogens is 1. The molecule has 1 aromatic heterocycles. The minimum Gasteiger partial charge on any atom is -0.398 e. The van der Waals surface area contributed by atoms with Crippen LogP contribution in [-0.2, 0) is 6.42 Å². The molecule has 1 nitrogen and oxygen atoms in total. The van der Waals surface area contributed by atoms with E-state index in [0.29, 0.717) is 0 Å². The van der Waals surface area contributed by atoms with Gasteiger partial charge in [0.25, 0.3) is 0 Å². The molecule has 68 valence electrons. The highest BCUT2D eigenvalue weighted by Crippen LogP contribution is 2.33. The smallest absolute Gasteiger partial charge is 0.0459 e. The summed E-state index contributed by atoms with van der Waals surface area (Å²) in [4.78, 5) is 0. The lowest BCUT2D eigenvalue weighted by Crippen LogP contribution is -1.92. The van der Waals surface area contributed by atoms with E-state index in [1.54, 1.807) is 11.3 Å². The number of nitrogens with two attached hydrogens (primary N) is 1. The van der Waals surface area contributed by atoms with Gasteiger partial charge in [0.15, 0.2) is 0 Å². The van der Waals surface area contributed by atoms with Crippen molar-refractivity contribution in [1.29, 1.82) is 0 Å². The van der Waals surface area contributed by atoms with E-state index in [0.717, 1.165) is 12.1 Å². The van der Waals surface area contributed by atoms with Gasteiger partial charge in [0.1, 0.15) is 0 Å². The molecule has 0 spiro atoms. The standard InChI is InChI=1S/C10H10INS/c1-2-6-5-8(12)9(11)7-3-4-13-10(6)7/h3-5H,2,12H2,1H3. The molecule has 1 aromatic carbocycles. The molecule has 0 aliphatic rings. The van der Waals surface area contributed by atoms with Crippen LogP contribution in [-0.4, -0.2) is 0 Å². The minimum absolute atomic E-state index is 0.906. The van der Waals surface area contributed by atoms with E-state index in [-0.39, 0.29) is 0 Å². The van der Waals surface area contributed by atoms with Crippen molar-refractivity contribution in [1.82, 2.24) is 0 Å². The topological polar surface area (TPSA) is 26.0 Å². The van der Waals surface area contributed by atoms with Gasteiger partial charge in [-0.2, -0.15) is 0 Å². The first-order chi connectivity index (χ1) is 6.24. The van der Waals surface area contributed by atoms with Crippen LogP contribution in [0.4, 0.5) is 5.69 Å². The van der Waals surface area contributed by atoms with Crippen LogP contribution in [0.5, 0.6) is 0 Å². The third-order valence-corrected chi connectivity index (χ3v) is 4.35. The van der Waals surface area contributed by atoms with Crippen LogP contribution in [0.2, 0.25) is 0 Å². The van der Waals surface area contributed by atoms with Crippen LogP contribution in [0.15, 0.2) is 17.5 Å². The summed E-state index contributed by atoms with van der Waals surface area (Å²) in [6.45, 7) is 2.17. The van der Waals surface area contributed by atoms with Gasteiger partial charge >= 0.3 is 0 Å². The van der Waals surface area contributed by atoms with Gasteiger partial charge in [0.05, 0.1) is 0 Å². The molecule has 0 amide bonds. The molecular weight excluding hydrogens is 293 g/mol. The number of rotatable bonds is 1. The summed E-state index contributed by atoms with van der Waals surface area (Å²) in [5.74, 6) is 0. The SMILES string of the molecule is CCc1cc(N)c(I)c2ccsc12. The van der Waals surface area contributed by atoms with Crippen molar-refractivity contribution < 1.29 is 0 Å². The average Bonchev–Trinajstić information content (AvgIpc) is 2.60. The first-order valence-corrected chi connectivity index (χ1v) is 6.14. The second-order valence-corrected chi connectivity index (χ2v) is 4.95. The number of aryl methyl sites for hydroxylation is 1. The van der Waals surface area contributed by atoms with Crippen molar-refractivity contribution in [2.24, 2.45) is 0 Å². The summed E-state index contributed by atoms with van der Waals surface area (Å²) in [7, 11) is 0. The highest BCUT2D eigenvalue weighted by molar-refractivity contribution is 14.1. The molecule has 3 heteroatoms. The Labute approximate surface area is 95.1 Å². The average molecular weight is 303 g/mol. The predicted octanol–water partition coefficient (Wildman–Crippen LogP) is 3.65. The Kier molecular flexibility index (Phi) is 2.47. The Morgan fingerprint density at radius 3 is 3.00 bits per heavy atom. The van der Waals surface area contributed by atoms with E-state index >= 15 is 0 Å². The maximum absolute atomic E-state index is 5.92. The normalized spacial score (nSPS) is 10.9. The Hall–Kier alpha value is -0.290. The van der Waals surface area contributed by atoms with Gasteiger partial charge in [0, 0.05) is 19.3 Å². The van der Waals surface area contributed by atoms with Crippen LogP contribution in [0.3, 0.4) is 0 Å². The van der Waals surface area contributed by atoms with E-state index in [1.165, 1.54) is 19.2 Å². The highest BCUT2D eigenvalue weighted by atomic mass is 127. The second kappa shape index (κ2) is 3.46. The molecule has 0 saturated carbocycles. The number of hydrogen-bond acceptors (Lipinski definition) is 2. The van der Waals surface area contributed by atoms with E-state index in [9.17, 15) is 0 Å². The summed E-state index contributed by atoms with van der Waals surface area (Å²) in [6.07, 6.45) is 1.05. The lowest BCUT2D eigenvalue weighted by atomic mass is 10.1. The van der Waals surface area contributed by atoms with E-state index in [2.05, 4.69) is 47.0 Å². The predicted molar refractivity (Wildman–Crippen MR) is 68.3 cm³/mol.